The number of carboxylic acid groups (broad SMARTS) is 1. The molecule has 2 aliphatic rings. The summed E-state index contributed by atoms with van der Waals surface area (Å²) in [6, 6.07) is 16.4. The Hall–Kier alpha value is -2.67. The van der Waals surface area contributed by atoms with Gasteiger partial charge in [-0.1, -0.05) is 42.5 Å². The number of fused-ring (bicyclic) bond motifs is 1. The largest absolute Gasteiger partial charge is 0.491 e. The van der Waals surface area contributed by atoms with Crippen molar-refractivity contribution < 1.29 is 29.6 Å². The highest BCUT2D eigenvalue weighted by Crippen LogP contribution is 2.43. The van der Waals surface area contributed by atoms with Crippen LogP contribution in [0.4, 0.5) is 0 Å². The van der Waals surface area contributed by atoms with Crippen molar-refractivity contribution in [2.45, 2.75) is 43.5 Å². The van der Waals surface area contributed by atoms with Crippen molar-refractivity contribution in [2.24, 2.45) is 11.8 Å². The molecule has 1 aliphatic heterocycles. The minimum atomic E-state index is -0.928. The molecule has 1 saturated heterocycles. The maximum Gasteiger partial charge on any atom is 0.335 e. The quantitative estimate of drug-likeness (QED) is 0.571. The van der Waals surface area contributed by atoms with Crippen LogP contribution < -0.4 is 4.74 Å². The molecule has 2 fully saturated rings. The molecule has 6 atom stereocenters. The van der Waals surface area contributed by atoms with E-state index in [0.717, 1.165) is 18.4 Å². The number of hydrogen-bond acceptors (Lipinski definition) is 5. The van der Waals surface area contributed by atoms with E-state index < -0.39 is 18.2 Å². The van der Waals surface area contributed by atoms with Gasteiger partial charge in [0.15, 0.2) is 0 Å². The summed E-state index contributed by atoms with van der Waals surface area (Å²) in [4.78, 5) is 11.1. The summed E-state index contributed by atoms with van der Waals surface area (Å²) in [5.41, 5.74) is 1.36. The van der Waals surface area contributed by atoms with Gasteiger partial charge >= 0.3 is 5.97 Å². The standard InChI is InChI=1S/C26H30O6/c27-20(16-31-21-4-2-1-3-5-21)11-13-22-23-12-10-19(15-32-25(23)14-24(22)28)17-6-8-18(9-7-17)26(29)30/h1-9,11,13,19-20,22-25,27-28H,10,12,14-16H2,(H,29,30)/t19-,20-,22-,23-,24-,25+/m1/s1. The van der Waals surface area contributed by atoms with Crippen molar-refractivity contribution >= 4 is 5.97 Å². The fraction of sp³-hybridized carbons (Fsp3) is 0.423. The first-order valence-electron chi connectivity index (χ1n) is 11.2. The van der Waals surface area contributed by atoms with Gasteiger partial charge in [0.2, 0.25) is 0 Å². The van der Waals surface area contributed by atoms with Crippen LogP contribution in [0.5, 0.6) is 5.75 Å². The highest BCUT2D eigenvalue weighted by Gasteiger charge is 2.43. The predicted octanol–water partition coefficient (Wildman–Crippen LogP) is 3.64. The monoisotopic (exact) mass is 438 g/mol. The first kappa shape index (κ1) is 22.5. The number of para-hydroxylation sites is 1. The number of rotatable bonds is 7. The van der Waals surface area contributed by atoms with Gasteiger partial charge in [-0.05, 0) is 48.6 Å². The molecule has 6 heteroatoms. The Morgan fingerprint density at radius 3 is 2.59 bits per heavy atom. The van der Waals surface area contributed by atoms with E-state index in [4.69, 9.17) is 14.6 Å². The third-order valence-electron chi connectivity index (χ3n) is 6.60. The van der Waals surface area contributed by atoms with Gasteiger partial charge in [-0.25, -0.2) is 4.79 Å². The van der Waals surface area contributed by atoms with Crippen molar-refractivity contribution in [1.82, 2.24) is 0 Å². The maximum absolute atomic E-state index is 11.1. The molecule has 3 N–H and O–H groups in total. The Morgan fingerprint density at radius 2 is 1.88 bits per heavy atom. The summed E-state index contributed by atoms with van der Waals surface area (Å²) in [6.07, 6.45) is 4.76. The number of aromatic carboxylic acids is 1. The lowest BCUT2D eigenvalue weighted by molar-refractivity contribution is 0.0287. The van der Waals surface area contributed by atoms with E-state index in [1.165, 1.54) is 0 Å². The lowest BCUT2D eigenvalue weighted by Crippen LogP contribution is -2.22. The van der Waals surface area contributed by atoms with Gasteiger partial charge in [0.05, 0.1) is 24.4 Å². The van der Waals surface area contributed by atoms with Crippen molar-refractivity contribution in [3.05, 3.63) is 77.9 Å². The zero-order valence-corrected chi connectivity index (χ0v) is 17.9. The smallest absolute Gasteiger partial charge is 0.335 e. The molecule has 170 valence electrons. The number of benzene rings is 2. The maximum atomic E-state index is 11.1. The first-order chi connectivity index (χ1) is 15.5. The molecule has 0 unspecified atom stereocenters. The van der Waals surface area contributed by atoms with Crippen LogP contribution in [0.1, 0.15) is 41.1 Å². The van der Waals surface area contributed by atoms with E-state index in [2.05, 4.69) is 0 Å². The van der Waals surface area contributed by atoms with Crippen LogP contribution in [-0.4, -0.2) is 52.8 Å². The molecule has 0 spiro atoms. The molecule has 6 nitrogen and oxygen atoms in total. The fourth-order valence-electron chi connectivity index (χ4n) is 4.83. The third-order valence-corrected chi connectivity index (χ3v) is 6.60. The number of ether oxygens (including phenoxy) is 2. The summed E-state index contributed by atoms with van der Waals surface area (Å²) >= 11 is 0. The first-order valence-corrected chi connectivity index (χ1v) is 11.2. The molecule has 0 aromatic heterocycles. The lowest BCUT2D eigenvalue weighted by Gasteiger charge is -2.21. The Morgan fingerprint density at radius 1 is 1.12 bits per heavy atom. The Balaban J connectivity index is 1.35. The van der Waals surface area contributed by atoms with Crippen LogP contribution in [0.2, 0.25) is 0 Å². The van der Waals surface area contributed by atoms with E-state index >= 15 is 0 Å². The molecule has 1 heterocycles. The predicted molar refractivity (Wildman–Crippen MR) is 120 cm³/mol. The minimum absolute atomic E-state index is 0.0133. The molecule has 2 aromatic rings. The van der Waals surface area contributed by atoms with Gasteiger partial charge in [-0.2, -0.15) is 0 Å². The fourth-order valence-corrected chi connectivity index (χ4v) is 4.83. The SMILES string of the molecule is O=C(O)c1ccc([C@@H]2CC[C@@H]3[C@@H](C=C[C@@H](O)COc4ccccc4)[C@H](O)C[C@@H]3OC2)cc1. The Labute approximate surface area is 188 Å². The zero-order chi connectivity index (χ0) is 22.5. The topological polar surface area (TPSA) is 96.2 Å². The van der Waals surface area contributed by atoms with Crippen molar-refractivity contribution in [2.75, 3.05) is 13.2 Å². The van der Waals surface area contributed by atoms with E-state index in [-0.39, 0.29) is 36.0 Å². The Bertz CT molecular complexity index is 910. The number of aliphatic hydroxyl groups excluding tert-OH is 2. The molecule has 4 rings (SSSR count). The number of carbonyl (C=O) groups is 1. The van der Waals surface area contributed by atoms with E-state index in [9.17, 15) is 15.0 Å². The van der Waals surface area contributed by atoms with Crippen LogP contribution >= 0.6 is 0 Å². The number of carboxylic acids is 1. The van der Waals surface area contributed by atoms with Gasteiger partial charge < -0.3 is 24.8 Å². The normalized spacial score (nSPS) is 28.8. The molecular formula is C26H30O6. The molecule has 32 heavy (non-hydrogen) atoms. The highest BCUT2D eigenvalue weighted by atomic mass is 16.5. The van der Waals surface area contributed by atoms with Gasteiger partial charge in [0.25, 0.3) is 0 Å². The average molecular weight is 439 g/mol. The van der Waals surface area contributed by atoms with Gasteiger partial charge in [-0.15, -0.1) is 0 Å². The molecule has 1 saturated carbocycles. The number of hydrogen-bond donors (Lipinski definition) is 3. The molecule has 0 bridgehead atoms. The summed E-state index contributed by atoms with van der Waals surface area (Å²) in [5.74, 6) is 0.102. The molecule has 1 aliphatic carbocycles. The zero-order valence-electron chi connectivity index (χ0n) is 17.9. The van der Waals surface area contributed by atoms with E-state index in [0.29, 0.717) is 18.8 Å². The second-order valence-corrected chi connectivity index (χ2v) is 8.69. The summed E-state index contributed by atoms with van der Waals surface area (Å²) < 4.78 is 11.8. The number of aliphatic hydroxyl groups is 2. The summed E-state index contributed by atoms with van der Waals surface area (Å²) in [5, 5.41) is 30.0. The molecular weight excluding hydrogens is 408 g/mol. The van der Waals surface area contributed by atoms with Gasteiger partial charge in [0, 0.05) is 18.3 Å². The van der Waals surface area contributed by atoms with Crippen LogP contribution in [0.3, 0.4) is 0 Å². The summed E-state index contributed by atoms with van der Waals surface area (Å²) in [7, 11) is 0. The van der Waals surface area contributed by atoms with Gasteiger partial charge in [-0.3, -0.25) is 0 Å². The average Bonchev–Trinajstić information content (AvgIpc) is 2.96. The molecule has 0 radical (unpaired) electrons. The second kappa shape index (κ2) is 10.3. The second-order valence-electron chi connectivity index (χ2n) is 8.69. The van der Waals surface area contributed by atoms with Crippen LogP contribution in [0, 0.1) is 11.8 Å². The van der Waals surface area contributed by atoms with Crippen LogP contribution in [-0.2, 0) is 4.74 Å². The molecule has 0 amide bonds. The minimum Gasteiger partial charge on any atom is -0.491 e. The van der Waals surface area contributed by atoms with Crippen molar-refractivity contribution in [3.63, 3.8) is 0 Å². The summed E-state index contributed by atoms with van der Waals surface area (Å²) in [6.45, 7) is 0.715. The third kappa shape index (κ3) is 5.38. The van der Waals surface area contributed by atoms with Crippen LogP contribution in [0.15, 0.2) is 66.7 Å². The molecule has 2 aromatic carbocycles. The Kier molecular flexibility index (Phi) is 7.25. The van der Waals surface area contributed by atoms with Gasteiger partial charge in [0.1, 0.15) is 18.5 Å². The lowest BCUT2D eigenvalue weighted by atomic mass is 9.85. The van der Waals surface area contributed by atoms with Crippen LogP contribution in [0.25, 0.3) is 0 Å². The highest BCUT2D eigenvalue weighted by molar-refractivity contribution is 5.87. The van der Waals surface area contributed by atoms with Crippen molar-refractivity contribution in [3.8, 4) is 5.75 Å². The van der Waals surface area contributed by atoms with E-state index in [1.807, 2.05) is 48.5 Å². The van der Waals surface area contributed by atoms with E-state index in [1.54, 1.807) is 18.2 Å². The van der Waals surface area contributed by atoms with Crippen molar-refractivity contribution in [1.29, 1.82) is 0 Å².